The lowest BCUT2D eigenvalue weighted by Crippen LogP contribution is -1.94. The normalized spacial score (nSPS) is 16.2. The van der Waals surface area contributed by atoms with Crippen molar-refractivity contribution in [2.45, 2.75) is 38.5 Å². The van der Waals surface area contributed by atoms with E-state index in [4.69, 9.17) is 0 Å². The van der Waals surface area contributed by atoms with Gasteiger partial charge in [0.15, 0.2) is 0 Å². The maximum absolute atomic E-state index is 4.64. The molecule has 0 N–H and O–H groups in total. The summed E-state index contributed by atoms with van der Waals surface area (Å²) in [4.78, 5) is 9.20. The fraction of sp³-hybridized carbons (Fsp3) is 0.500. The van der Waals surface area contributed by atoms with Gasteiger partial charge in [0.2, 0.25) is 5.78 Å². The molecule has 0 unspecified atom stereocenters. The van der Waals surface area contributed by atoms with Crippen LogP contribution in [-0.4, -0.2) is 14.4 Å². The summed E-state index contributed by atoms with van der Waals surface area (Å²) in [6.45, 7) is 4.30. The highest BCUT2D eigenvalue weighted by Crippen LogP contribution is 2.42. The lowest BCUT2D eigenvalue weighted by atomic mass is 10.2. The van der Waals surface area contributed by atoms with Gasteiger partial charge in [0, 0.05) is 18.3 Å². The number of halogens is 1. The molecule has 0 aromatic carbocycles. The molecule has 16 heavy (non-hydrogen) atoms. The quantitative estimate of drug-likeness (QED) is 0.842. The van der Waals surface area contributed by atoms with Gasteiger partial charge in [-0.1, -0.05) is 13.8 Å². The van der Waals surface area contributed by atoms with Crippen LogP contribution in [0.1, 0.15) is 49.9 Å². The molecule has 4 heteroatoms. The van der Waals surface area contributed by atoms with E-state index in [0.29, 0.717) is 11.8 Å². The lowest BCUT2D eigenvalue weighted by Gasteiger charge is -2.01. The molecule has 0 aliphatic heterocycles. The average Bonchev–Trinajstić information content (AvgIpc) is 2.97. The van der Waals surface area contributed by atoms with E-state index in [9.17, 15) is 0 Å². The zero-order valence-corrected chi connectivity index (χ0v) is 11.0. The van der Waals surface area contributed by atoms with E-state index >= 15 is 0 Å². The summed E-state index contributed by atoms with van der Waals surface area (Å²) in [5, 5.41) is 0. The Labute approximate surface area is 103 Å². The number of nitrogens with zero attached hydrogens (tertiary/aromatic N) is 3. The van der Waals surface area contributed by atoms with Gasteiger partial charge in [0.1, 0.15) is 0 Å². The lowest BCUT2D eigenvalue weighted by molar-refractivity contribution is 0.833. The van der Waals surface area contributed by atoms with E-state index < -0.39 is 0 Å². The average molecular weight is 280 g/mol. The van der Waals surface area contributed by atoms with Crippen LogP contribution in [0.3, 0.4) is 0 Å². The SMILES string of the molecule is CC(C)c1cn2cc(Br)c(C3CC3)nc2n1. The van der Waals surface area contributed by atoms with E-state index in [1.165, 1.54) is 18.5 Å². The smallest absolute Gasteiger partial charge is 0.234 e. The van der Waals surface area contributed by atoms with Gasteiger partial charge in [-0.3, -0.25) is 4.40 Å². The van der Waals surface area contributed by atoms with Crippen molar-refractivity contribution in [2.24, 2.45) is 0 Å². The maximum atomic E-state index is 4.64. The summed E-state index contributed by atoms with van der Waals surface area (Å²) in [7, 11) is 0. The monoisotopic (exact) mass is 279 g/mol. The molecule has 2 aromatic rings. The fourth-order valence-corrected chi connectivity index (χ4v) is 2.48. The topological polar surface area (TPSA) is 30.2 Å². The Balaban J connectivity index is 2.15. The molecule has 0 saturated heterocycles. The van der Waals surface area contributed by atoms with E-state index in [1.807, 2.05) is 4.40 Å². The molecule has 1 saturated carbocycles. The number of hydrogen-bond donors (Lipinski definition) is 0. The largest absolute Gasteiger partial charge is 0.290 e. The molecule has 1 aliphatic rings. The third kappa shape index (κ3) is 1.65. The summed E-state index contributed by atoms with van der Waals surface area (Å²) in [6, 6.07) is 0. The van der Waals surface area contributed by atoms with Crippen molar-refractivity contribution in [2.75, 3.05) is 0 Å². The minimum Gasteiger partial charge on any atom is -0.290 e. The molecule has 3 rings (SSSR count). The van der Waals surface area contributed by atoms with Crippen LogP contribution in [0.5, 0.6) is 0 Å². The molecule has 2 aromatic heterocycles. The van der Waals surface area contributed by atoms with Crippen molar-refractivity contribution in [1.29, 1.82) is 0 Å². The highest BCUT2D eigenvalue weighted by Gasteiger charge is 2.27. The number of hydrogen-bond acceptors (Lipinski definition) is 2. The first-order valence-corrected chi connectivity index (χ1v) is 6.49. The van der Waals surface area contributed by atoms with Crippen LogP contribution in [0.2, 0.25) is 0 Å². The Bertz CT molecular complexity index is 540. The van der Waals surface area contributed by atoms with Crippen molar-refractivity contribution >= 4 is 21.7 Å². The van der Waals surface area contributed by atoms with Gasteiger partial charge in [0.25, 0.3) is 0 Å². The van der Waals surface area contributed by atoms with E-state index in [1.54, 1.807) is 0 Å². The van der Waals surface area contributed by atoms with Crippen molar-refractivity contribution in [3.63, 3.8) is 0 Å². The molecule has 2 heterocycles. The zero-order chi connectivity index (χ0) is 11.3. The molecule has 1 fully saturated rings. The van der Waals surface area contributed by atoms with E-state index in [0.717, 1.165) is 15.9 Å². The first-order valence-electron chi connectivity index (χ1n) is 5.70. The maximum Gasteiger partial charge on any atom is 0.234 e. The van der Waals surface area contributed by atoms with Crippen molar-refractivity contribution in [1.82, 2.24) is 14.4 Å². The van der Waals surface area contributed by atoms with Crippen LogP contribution in [0.4, 0.5) is 0 Å². The molecule has 0 bridgehead atoms. The van der Waals surface area contributed by atoms with Gasteiger partial charge in [-0.05, 0) is 34.7 Å². The summed E-state index contributed by atoms with van der Waals surface area (Å²) >= 11 is 3.59. The molecule has 0 amide bonds. The third-order valence-electron chi connectivity index (χ3n) is 3.00. The minimum atomic E-state index is 0.449. The number of fused-ring (bicyclic) bond motifs is 1. The second-order valence-electron chi connectivity index (χ2n) is 4.78. The van der Waals surface area contributed by atoms with Crippen LogP contribution in [0.25, 0.3) is 5.78 Å². The Hall–Kier alpha value is -0.900. The first-order chi connectivity index (χ1) is 7.65. The van der Waals surface area contributed by atoms with E-state index in [-0.39, 0.29) is 0 Å². The Kier molecular flexibility index (Phi) is 2.28. The van der Waals surface area contributed by atoms with Gasteiger partial charge < -0.3 is 0 Å². The predicted molar refractivity (Wildman–Crippen MR) is 66.8 cm³/mol. The third-order valence-corrected chi connectivity index (χ3v) is 3.62. The Morgan fingerprint density at radius 3 is 2.69 bits per heavy atom. The molecule has 84 valence electrons. The standard InChI is InChI=1S/C12H14BrN3/c1-7(2)10-6-16-5-9(13)11(8-3-4-8)15-12(16)14-10/h5-8H,3-4H2,1-2H3. The number of aromatic nitrogens is 3. The fourth-order valence-electron chi connectivity index (χ4n) is 1.85. The zero-order valence-electron chi connectivity index (χ0n) is 9.44. The molecular weight excluding hydrogens is 266 g/mol. The van der Waals surface area contributed by atoms with Crippen LogP contribution in [0.15, 0.2) is 16.9 Å². The molecule has 0 radical (unpaired) electrons. The number of rotatable bonds is 2. The molecule has 3 nitrogen and oxygen atoms in total. The van der Waals surface area contributed by atoms with Crippen molar-refractivity contribution in [3.05, 3.63) is 28.3 Å². The van der Waals surface area contributed by atoms with Crippen LogP contribution in [0, 0.1) is 0 Å². The van der Waals surface area contributed by atoms with Gasteiger partial charge in [-0.15, -0.1) is 0 Å². The molecule has 1 aliphatic carbocycles. The van der Waals surface area contributed by atoms with Crippen LogP contribution < -0.4 is 0 Å². The summed E-state index contributed by atoms with van der Waals surface area (Å²) in [6.07, 6.45) is 6.67. The number of imidazole rings is 1. The van der Waals surface area contributed by atoms with Crippen molar-refractivity contribution in [3.8, 4) is 0 Å². The second-order valence-corrected chi connectivity index (χ2v) is 5.63. The Morgan fingerprint density at radius 2 is 2.06 bits per heavy atom. The van der Waals surface area contributed by atoms with Crippen LogP contribution >= 0.6 is 15.9 Å². The first kappa shape index (κ1) is 10.3. The summed E-state index contributed by atoms with van der Waals surface area (Å²) < 4.78 is 3.11. The second kappa shape index (κ2) is 3.55. The molecule has 0 atom stereocenters. The highest BCUT2D eigenvalue weighted by molar-refractivity contribution is 9.10. The molecule has 0 spiro atoms. The van der Waals surface area contributed by atoms with Gasteiger partial charge in [-0.2, -0.15) is 0 Å². The van der Waals surface area contributed by atoms with Crippen molar-refractivity contribution < 1.29 is 0 Å². The van der Waals surface area contributed by atoms with Crippen LogP contribution in [-0.2, 0) is 0 Å². The minimum absolute atomic E-state index is 0.449. The highest BCUT2D eigenvalue weighted by atomic mass is 79.9. The Morgan fingerprint density at radius 1 is 1.31 bits per heavy atom. The van der Waals surface area contributed by atoms with Gasteiger partial charge in [-0.25, -0.2) is 9.97 Å². The van der Waals surface area contributed by atoms with Gasteiger partial charge in [0.05, 0.1) is 15.9 Å². The van der Waals surface area contributed by atoms with Gasteiger partial charge >= 0.3 is 0 Å². The summed E-state index contributed by atoms with van der Waals surface area (Å²) in [5.74, 6) is 1.93. The molecular formula is C12H14BrN3. The predicted octanol–water partition coefficient (Wildman–Crippen LogP) is 3.49. The van der Waals surface area contributed by atoms with E-state index in [2.05, 4.69) is 52.1 Å². The summed E-state index contributed by atoms with van der Waals surface area (Å²) in [5.41, 5.74) is 2.28.